The van der Waals surface area contributed by atoms with Gasteiger partial charge in [0.25, 0.3) is 0 Å². The van der Waals surface area contributed by atoms with Crippen LogP contribution in [0.5, 0.6) is 0 Å². The zero-order valence-electron chi connectivity index (χ0n) is 20.4. The summed E-state index contributed by atoms with van der Waals surface area (Å²) >= 11 is 0. The Morgan fingerprint density at radius 3 is 1.23 bits per heavy atom. The van der Waals surface area contributed by atoms with E-state index in [9.17, 15) is 0 Å². The Kier molecular flexibility index (Phi) is 11.9. The SMILES string of the molecule is CCCCCCCCCCn1cc[n+](C)c1-c1n(CCCCCCCC)cc[n+]1C. The molecule has 0 saturated heterocycles. The van der Waals surface area contributed by atoms with Crippen LogP contribution in [0.2, 0.25) is 0 Å². The van der Waals surface area contributed by atoms with Gasteiger partial charge in [-0.3, -0.25) is 0 Å². The zero-order chi connectivity index (χ0) is 21.6. The van der Waals surface area contributed by atoms with Gasteiger partial charge in [0, 0.05) is 0 Å². The topological polar surface area (TPSA) is 17.6 Å². The van der Waals surface area contributed by atoms with E-state index in [-0.39, 0.29) is 0 Å². The molecule has 2 rings (SSSR count). The van der Waals surface area contributed by atoms with E-state index >= 15 is 0 Å². The summed E-state index contributed by atoms with van der Waals surface area (Å²) in [5, 5.41) is 0. The van der Waals surface area contributed by atoms with Crippen molar-refractivity contribution in [2.24, 2.45) is 14.1 Å². The van der Waals surface area contributed by atoms with Gasteiger partial charge in [0.05, 0.1) is 27.2 Å². The van der Waals surface area contributed by atoms with Gasteiger partial charge in [0.1, 0.15) is 24.8 Å². The molecule has 4 nitrogen and oxygen atoms in total. The van der Waals surface area contributed by atoms with Crippen LogP contribution in [-0.4, -0.2) is 9.13 Å². The predicted octanol–water partition coefficient (Wildman–Crippen LogP) is 6.11. The average molecular weight is 417 g/mol. The van der Waals surface area contributed by atoms with Crippen molar-refractivity contribution in [2.45, 2.75) is 117 Å². The molecule has 30 heavy (non-hydrogen) atoms. The maximum absolute atomic E-state index is 2.46. The normalized spacial score (nSPS) is 11.5. The average Bonchev–Trinajstić information content (AvgIpc) is 3.28. The second-order valence-electron chi connectivity index (χ2n) is 9.09. The lowest BCUT2D eigenvalue weighted by molar-refractivity contribution is -0.690. The highest BCUT2D eigenvalue weighted by Crippen LogP contribution is 2.16. The third kappa shape index (κ3) is 7.92. The lowest BCUT2D eigenvalue weighted by Gasteiger charge is -2.05. The summed E-state index contributed by atoms with van der Waals surface area (Å²) in [7, 11) is 4.36. The van der Waals surface area contributed by atoms with Crippen molar-refractivity contribution >= 4 is 0 Å². The molecule has 0 radical (unpaired) electrons. The fraction of sp³-hybridized carbons (Fsp3) is 0.769. The summed E-state index contributed by atoms with van der Waals surface area (Å²) in [4.78, 5) is 0. The van der Waals surface area contributed by atoms with Gasteiger partial charge in [-0.1, -0.05) is 78.1 Å². The first kappa shape index (κ1) is 24.7. The lowest BCUT2D eigenvalue weighted by atomic mass is 10.1. The highest BCUT2D eigenvalue weighted by molar-refractivity contribution is 5.36. The summed E-state index contributed by atoms with van der Waals surface area (Å²) in [6.07, 6.45) is 28.0. The van der Waals surface area contributed by atoms with Crippen LogP contribution in [0.3, 0.4) is 0 Å². The summed E-state index contributed by atoms with van der Waals surface area (Å²) in [5.74, 6) is 2.66. The molecule has 0 atom stereocenters. The van der Waals surface area contributed by atoms with Crippen LogP contribution < -0.4 is 9.13 Å². The van der Waals surface area contributed by atoms with Gasteiger partial charge in [-0.05, 0) is 25.7 Å². The molecule has 0 fully saturated rings. The summed E-state index contributed by atoms with van der Waals surface area (Å²) in [6, 6.07) is 0. The molecule has 0 N–H and O–H groups in total. The Hall–Kier alpha value is -1.58. The van der Waals surface area contributed by atoms with Gasteiger partial charge in [-0.2, -0.15) is 0 Å². The van der Waals surface area contributed by atoms with Crippen LogP contribution in [0, 0.1) is 0 Å². The van der Waals surface area contributed by atoms with Crippen LogP contribution in [0.25, 0.3) is 11.6 Å². The third-order valence-electron chi connectivity index (χ3n) is 6.36. The van der Waals surface area contributed by atoms with E-state index in [1.807, 2.05) is 0 Å². The highest BCUT2D eigenvalue weighted by atomic mass is 15.2. The minimum atomic E-state index is 1.12. The maximum Gasteiger partial charge on any atom is 0.373 e. The Labute approximate surface area is 185 Å². The van der Waals surface area contributed by atoms with Gasteiger partial charge in [-0.25, -0.2) is 18.3 Å². The van der Waals surface area contributed by atoms with Crippen LogP contribution in [0.1, 0.15) is 104 Å². The van der Waals surface area contributed by atoms with E-state index in [0.717, 1.165) is 13.1 Å². The number of aryl methyl sites for hydroxylation is 4. The first-order chi connectivity index (χ1) is 14.7. The maximum atomic E-state index is 2.46. The van der Waals surface area contributed by atoms with E-state index in [1.165, 1.54) is 102 Å². The Balaban J connectivity index is 1.88. The minimum absolute atomic E-state index is 1.12. The summed E-state index contributed by atoms with van der Waals surface area (Å²) < 4.78 is 9.50. The third-order valence-corrected chi connectivity index (χ3v) is 6.36. The molecule has 170 valence electrons. The molecule has 0 saturated carbocycles. The van der Waals surface area contributed by atoms with Crippen molar-refractivity contribution in [1.29, 1.82) is 0 Å². The van der Waals surface area contributed by atoms with Gasteiger partial charge < -0.3 is 0 Å². The quantitative estimate of drug-likeness (QED) is 0.219. The predicted molar refractivity (Wildman–Crippen MR) is 126 cm³/mol. The van der Waals surface area contributed by atoms with E-state index in [4.69, 9.17) is 0 Å². The Morgan fingerprint density at radius 1 is 0.533 bits per heavy atom. The lowest BCUT2D eigenvalue weighted by Crippen LogP contribution is -2.38. The molecule has 0 spiro atoms. The second kappa shape index (κ2) is 14.4. The number of rotatable bonds is 17. The van der Waals surface area contributed by atoms with Crippen molar-refractivity contribution in [3.05, 3.63) is 24.8 Å². The molecule has 0 bridgehead atoms. The van der Waals surface area contributed by atoms with E-state index in [0.29, 0.717) is 0 Å². The fourth-order valence-corrected chi connectivity index (χ4v) is 4.46. The number of unbranched alkanes of at least 4 members (excludes halogenated alkanes) is 12. The largest absolute Gasteiger partial charge is 0.373 e. The molecule has 0 aromatic carbocycles. The molecular formula is C26H48N4+2. The Bertz CT molecular complexity index is 698. The highest BCUT2D eigenvalue weighted by Gasteiger charge is 2.29. The molecular weight excluding hydrogens is 368 g/mol. The molecule has 2 heterocycles. The van der Waals surface area contributed by atoms with Gasteiger partial charge >= 0.3 is 11.6 Å². The fourth-order valence-electron chi connectivity index (χ4n) is 4.46. The van der Waals surface area contributed by atoms with Crippen molar-refractivity contribution in [3.8, 4) is 11.6 Å². The van der Waals surface area contributed by atoms with E-state index < -0.39 is 0 Å². The molecule has 4 heteroatoms. The smallest absolute Gasteiger partial charge is 0.226 e. The number of imidazole rings is 2. The standard InChI is InChI=1S/C26H48N4/c1-5-7-9-11-13-14-16-18-20-30-24-22-28(4)26(30)25-27(3)21-23-29(25)19-17-15-12-10-8-6-2/h21-24H,5-20H2,1-4H3/q+2. The monoisotopic (exact) mass is 416 g/mol. The number of aromatic nitrogens is 4. The molecule has 0 amide bonds. The molecule has 0 aliphatic rings. The molecule has 0 aliphatic carbocycles. The van der Waals surface area contributed by atoms with Crippen LogP contribution >= 0.6 is 0 Å². The van der Waals surface area contributed by atoms with E-state index in [2.05, 4.69) is 71.0 Å². The summed E-state index contributed by atoms with van der Waals surface area (Å²) in [6.45, 7) is 6.81. The van der Waals surface area contributed by atoms with Crippen molar-refractivity contribution in [2.75, 3.05) is 0 Å². The second-order valence-corrected chi connectivity index (χ2v) is 9.09. The first-order valence-corrected chi connectivity index (χ1v) is 12.8. The molecule has 0 aliphatic heterocycles. The molecule has 2 aromatic heterocycles. The van der Waals surface area contributed by atoms with E-state index in [1.54, 1.807) is 0 Å². The zero-order valence-corrected chi connectivity index (χ0v) is 20.4. The van der Waals surface area contributed by atoms with Crippen LogP contribution in [0.15, 0.2) is 24.8 Å². The van der Waals surface area contributed by atoms with Gasteiger partial charge in [0.15, 0.2) is 0 Å². The Morgan fingerprint density at radius 2 is 0.867 bits per heavy atom. The molecule has 0 unspecified atom stereocenters. The molecule has 2 aromatic rings. The van der Waals surface area contributed by atoms with Crippen molar-refractivity contribution in [3.63, 3.8) is 0 Å². The summed E-state index contributed by atoms with van der Waals surface area (Å²) in [5.41, 5.74) is 0. The van der Waals surface area contributed by atoms with Crippen molar-refractivity contribution in [1.82, 2.24) is 9.13 Å². The van der Waals surface area contributed by atoms with Crippen LogP contribution in [0.4, 0.5) is 0 Å². The van der Waals surface area contributed by atoms with Crippen LogP contribution in [-0.2, 0) is 27.2 Å². The first-order valence-electron chi connectivity index (χ1n) is 12.8. The number of hydrogen-bond acceptors (Lipinski definition) is 0. The van der Waals surface area contributed by atoms with Gasteiger partial charge in [0.2, 0.25) is 0 Å². The number of nitrogens with zero attached hydrogens (tertiary/aromatic N) is 4. The van der Waals surface area contributed by atoms with Gasteiger partial charge in [-0.15, -0.1) is 0 Å². The minimum Gasteiger partial charge on any atom is -0.226 e. The number of hydrogen-bond donors (Lipinski definition) is 0. The van der Waals surface area contributed by atoms with Crippen molar-refractivity contribution < 1.29 is 9.13 Å².